The molecule has 4 N–H and O–H groups in total. The van der Waals surface area contributed by atoms with Crippen LogP contribution in [0.15, 0.2) is 29.4 Å². The summed E-state index contributed by atoms with van der Waals surface area (Å²) in [4.78, 5) is 3.90. The van der Waals surface area contributed by atoms with E-state index >= 15 is 0 Å². The number of rotatable bonds is 5. The molecule has 0 atom stereocenters. The molecule has 2 aromatic rings. The lowest BCUT2D eigenvalue weighted by Gasteiger charge is -2.08. The quantitative estimate of drug-likeness (QED) is 0.690. The molecule has 1 aromatic heterocycles. The number of sulfonamides is 1. The Labute approximate surface area is 125 Å². The van der Waals surface area contributed by atoms with Crippen molar-refractivity contribution in [3.8, 4) is 0 Å². The maximum atomic E-state index is 12.1. The van der Waals surface area contributed by atoms with Crippen molar-refractivity contribution >= 4 is 38.8 Å². The van der Waals surface area contributed by atoms with Crippen LogP contribution in [0.1, 0.15) is 11.4 Å². The second-order valence-corrected chi connectivity index (χ2v) is 6.35. The van der Waals surface area contributed by atoms with Crippen LogP contribution >= 0.6 is 23.8 Å². The highest BCUT2D eigenvalue weighted by molar-refractivity contribution is 7.89. The maximum Gasteiger partial charge on any atom is 0.242 e. The van der Waals surface area contributed by atoms with Crippen molar-refractivity contribution in [2.24, 2.45) is 5.73 Å². The molecule has 1 aromatic carbocycles. The monoisotopic (exact) mass is 331 g/mol. The average Bonchev–Trinajstić information content (AvgIpc) is 2.89. The number of H-pyrrole nitrogens is 1. The van der Waals surface area contributed by atoms with Gasteiger partial charge in [-0.15, -0.1) is 0 Å². The van der Waals surface area contributed by atoms with Crippen LogP contribution in [0.5, 0.6) is 0 Å². The molecule has 0 bridgehead atoms. The SMILES string of the molecule is NC(=S)c1ccc(S(=O)(=O)NCc2ncn[nH]2)c(Cl)c1. The maximum absolute atomic E-state index is 12.1. The number of hydrogen-bond acceptors (Lipinski definition) is 5. The Kier molecular flexibility index (Phi) is 4.33. The molecule has 0 saturated carbocycles. The largest absolute Gasteiger partial charge is 0.389 e. The summed E-state index contributed by atoms with van der Waals surface area (Å²) in [5.41, 5.74) is 5.95. The van der Waals surface area contributed by atoms with Gasteiger partial charge < -0.3 is 5.73 Å². The van der Waals surface area contributed by atoms with Crippen molar-refractivity contribution in [3.63, 3.8) is 0 Å². The number of benzene rings is 1. The highest BCUT2D eigenvalue weighted by Gasteiger charge is 2.18. The normalized spacial score (nSPS) is 11.4. The molecule has 0 unspecified atom stereocenters. The predicted molar refractivity (Wildman–Crippen MR) is 77.7 cm³/mol. The Morgan fingerprint density at radius 3 is 2.80 bits per heavy atom. The van der Waals surface area contributed by atoms with E-state index in [9.17, 15) is 8.42 Å². The molecule has 7 nitrogen and oxygen atoms in total. The minimum atomic E-state index is -3.76. The number of nitrogens with zero attached hydrogens (tertiary/aromatic N) is 2. The van der Waals surface area contributed by atoms with Gasteiger partial charge in [0, 0.05) is 5.56 Å². The minimum Gasteiger partial charge on any atom is -0.389 e. The van der Waals surface area contributed by atoms with Crippen molar-refractivity contribution < 1.29 is 8.42 Å². The summed E-state index contributed by atoms with van der Waals surface area (Å²) in [6.45, 7) is -0.0181. The molecule has 10 heteroatoms. The van der Waals surface area contributed by atoms with Gasteiger partial charge in [0.2, 0.25) is 10.0 Å². The van der Waals surface area contributed by atoms with Crippen molar-refractivity contribution in [2.45, 2.75) is 11.4 Å². The molecule has 0 aliphatic carbocycles. The smallest absolute Gasteiger partial charge is 0.242 e. The summed E-state index contributed by atoms with van der Waals surface area (Å²) < 4.78 is 26.6. The van der Waals surface area contributed by atoms with Crippen LogP contribution in [-0.4, -0.2) is 28.6 Å². The molecule has 2 rings (SSSR count). The van der Waals surface area contributed by atoms with Gasteiger partial charge in [0.15, 0.2) is 0 Å². The second kappa shape index (κ2) is 5.83. The first-order valence-electron chi connectivity index (χ1n) is 5.33. The summed E-state index contributed by atoms with van der Waals surface area (Å²) in [6, 6.07) is 4.25. The Morgan fingerprint density at radius 2 is 2.25 bits per heavy atom. The molecule has 0 amide bonds. The van der Waals surface area contributed by atoms with Gasteiger partial charge in [-0.1, -0.05) is 29.9 Å². The lowest BCUT2D eigenvalue weighted by atomic mass is 10.2. The van der Waals surface area contributed by atoms with Crippen LogP contribution in [-0.2, 0) is 16.6 Å². The van der Waals surface area contributed by atoms with Crippen molar-refractivity contribution in [3.05, 3.63) is 40.9 Å². The van der Waals surface area contributed by atoms with Crippen molar-refractivity contribution in [1.29, 1.82) is 0 Å². The molecule has 0 fully saturated rings. The summed E-state index contributed by atoms with van der Waals surface area (Å²) >= 11 is 10.7. The van der Waals surface area contributed by atoms with Crippen LogP contribution < -0.4 is 10.5 Å². The van der Waals surface area contributed by atoms with E-state index in [1.165, 1.54) is 24.5 Å². The lowest BCUT2D eigenvalue weighted by Crippen LogP contribution is -2.24. The van der Waals surface area contributed by atoms with Gasteiger partial charge in [-0.2, -0.15) is 5.10 Å². The summed E-state index contributed by atoms with van der Waals surface area (Å²) in [7, 11) is -3.76. The molecule has 1 heterocycles. The standard InChI is InChI=1S/C10H10ClN5O2S2/c11-7-3-6(10(12)19)1-2-8(7)20(17,18)15-4-9-13-5-14-16-9/h1-3,5,15H,4H2,(H2,12,19)(H,13,14,16). The molecule has 106 valence electrons. The Bertz CT molecular complexity index is 730. The van der Waals surface area contributed by atoms with E-state index < -0.39 is 10.0 Å². The lowest BCUT2D eigenvalue weighted by molar-refractivity contribution is 0.579. The molecule has 0 radical (unpaired) electrons. The molecule has 0 saturated heterocycles. The number of thiocarbonyl (C=S) groups is 1. The first-order chi connectivity index (χ1) is 9.40. The molecule has 0 spiro atoms. The summed E-state index contributed by atoms with van der Waals surface area (Å²) in [5.74, 6) is 0.393. The van der Waals surface area contributed by atoms with Crippen molar-refractivity contribution in [2.75, 3.05) is 0 Å². The number of hydrogen-bond donors (Lipinski definition) is 3. The van der Waals surface area contributed by atoms with E-state index in [4.69, 9.17) is 29.6 Å². The van der Waals surface area contributed by atoms with Crippen LogP contribution in [0.3, 0.4) is 0 Å². The first-order valence-corrected chi connectivity index (χ1v) is 7.60. The molecule has 20 heavy (non-hydrogen) atoms. The van der Waals surface area contributed by atoms with E-state index in [-0.39, 0.29) is 21.5 Å². The van der Waals surface area contributed by atoms with Gasteiger partial charge >= 0.3 is 0 Å². The third-order valence-corrected chi connectivity index (χ3v) is 4.52. The second-order valence-electron chi connectivity index (χ2n) is 3.77. The third-order valence-electron chi connectivity index (χ3n) is 2.40. The van der Waals surface area contributed by atoms with Crippen LogP contribution in [0.4, 0.5) is 0 Å². The number of nitrogens with one attached hydrogen (secondary N) is 2. The van der Waals surface area contributed by atoms with Crippen LogP contribution in [0.25, 0.3) is 0 Å². The van der Waals surface area contributed by atoms with E-state index in [0.29, 0.717) is 11.4 Å². The summed E-state index contributed by atoms with van der Waals surface area (Å²) in [6.07, 6.45) is 1.29. The van der Waals surface area contributed by atoms with Crippen molar-refractivity contribution in [1.82, 2.24) is 19.9 Å². The number of halogens is 1. The minimum absolute atomic E-state index is 0.0181. The third kappa shape index (κ3) is 3.31. The molecule has 0 aliphatic heterocycles. The van der Waals surface area contributed by atoms with E-state index in [1.807, 2.05) is 0 Å². The zero-order chi connectivity index (χ0) is 14.8. The fourth-order valence-corrected chi connectivity index (χ4v) is 3.09. The van der Waals surface area contributed by atoms with Gasteiger partial charge in [0.1, 0.15) is 22.0 Å². The molecular formula is C10H10ClN5O2S2. The average molecular weight is 332 g/mol. The van der Waals surface area contributed by atoms with E-state index in [1.54, 1.807) is 0 Å². The van der Waals surface area contributed by atoms with Gasteiger partial charge in [-0.25, -0.2) is 18.1 Å². The zero-order valence-corrected chi connectivity index (χ0v) is 12.4. The van der Waals surface area contributed by atoms with Gasteiger partial charge in [-0.05, 0) is 12.1 Å². The summed E-state index contributed by atoms with van der Waals surface area (Å²) in [5, 5.41) is 6.21. The number of nitrogens with two attached hydrogens (primary N) is 1. The number of aromatic nitrogens is 3. The van der Waals surface area contributed by atoms with Crippen LogP contribution in [0, 0.1) is 0 Å². The molecule has 0 aliphatic rings. The topological polar surface area (TPSA) is 114 Å². The fraction of sp³-hybridized carbons (Fsp3) is 0.100. The zero-order valence-electron chi connectivity index (χ0n) is 10.00. The van der Waals surface area contributed by atoms with Crippen LogP contribution in [0.2, 0.25) is 5.02 Å². The van der Waals surface area contributed by atoms with E-state index in [0.717, 1.165) is 0 Å². The highest BCUT2D eigenvalue weighted by atomic mass is 35.5. The van der Waals surface area contributed by atoms with Gasteiger partial charge in [-0.3, -0.25) is 5.10 Å². The van der Waals surface area contributed by atoms with E-state index in [2.05, 4.69) is 19.9 Å². The fourth-order valence-electron chi connectivity index (χ4n) is 1.43. The Morgan fingerprint density at radius 1 is 1.50 bits per heavy atom. The molecular weight excluding hydrogens is 322 g/mol. The van der Waals surface area contributed by atoms with Gasteiger partial charge in [0.05, 0.1) is 11.6 Å². The predicted octanol–water partition coefficient (Wildman–Crippen LogP) is 0.571. The number of aromatic amines is 1. The first kappa shape index (κ1) is 14.9. The Hall–Kier alpha value is -1.55. The van der Waals surface area contributed by atoms with Gasteiger partial charge in [0.25, 0.3) is 0 Å². The Balaban J connectivity index is 2.23. The highest BCUT2D eigenvalue weighted by Crippen LogP contribution is 2.22.